The number of carbonyl (C=O) groups excluding carboxylic acids is 1. The Morgan fingerprint density at radius 1 is 1.19 bits per heavy atom. The number of rotatable bonds is 6. The average molecular weight is 581 g/mol. The van der Waals surface area contributed by atoms with Crippen molar-refractivity contribution in [1.82, 2.24) is 9.66 Å². The van der Waals surface area contributed by atoms with Gasteiger partial charge in [0.05, 0.1) is 28.2 Å². The fourth-order valence-electron chi connectivity index (χ4n) is 3.81. The van der Waals surface area contributed by atoms with Crippen molar-refractivity contribution in [2.24, 2.45) is 5.10 Å². The first-order valence-electron chi connectivity index (χ1n) is 11.2. The standard InChI is InChI=1S/C27H19BrClN3O5/c1-3-35-23-11-16(10-20(28)25(23)36-15(2)33)14-30-32-26(31-21-7-5-4-6-19(21)27(32)34)24-13-17-12-18(29)8-9-22(17)37-24/h4-14H,3H2,1-2H3. The van der Waals surface area contributed by atoms with Gasteiger partial charge in [-0.2, -0.15) is 9.78 Å². The van der Waals surface area contributed by atoms with Gasteiger partial charge in [0, 0.05) is 17.3 Å². The normalized spacial score (nSPS) is 11.5. The van der Waals surface area contributed by atoms with E-state index in [1.54, 1.807) is 54.6 Å². The van der Waals surface area contributed by atoms with Crippen LogP contribution in [0.2, 0.25) is 5.02 Å². The lowest BCUT2D eigenvalue weighted by Gasteiger charge is -2.12. The molecule has 0 radical (unpaired) electrons. The molecular formula is C27H19BrClN3O5. The van der Waals surface area contributed by atoms with Crippen molar-refractivity contribution in [3.63, 3.8) is 0 Å². The van der Waals surface area contributed by atoms with Crippen LogP contribution in [-0.2, 0) is 4.79 Å². The highest BCUT2D eigenvalue weighted by Gasteiger charge is 2.17. The number of carbonyl (C=O) groups is 1. The lowest BCUT2D eigenvalue weighted by molar-refractivity contribution is -0.132. The van der Waals surface area contributed by atoms with E-state index in [1.165, 1.54) is 17.8 Å². The SMILES string of the molecule is CCOc1cc(C=Nn2c(-c3cc4cc(Cl)ccc4o3)nc3ccccc3c2=O)cc(Br)c1OC(C)=O. The number of para-hydroxylation sites is 1. The third kappa shape index (κ3) is 5.00. The van der Waals surface area contributed by atoms with E-state index in [0.717, 1.165) is 5.39 Å². The van der Waals surface area contributed by atoms with Crippen LogP contribution in [-0.4, -0.2) is 28.5 Å². The minimum absolute atomic E-state index is 0.230. The van der Waals surface area contributed by atoms with Crippen molar-refractivity contribution in [2.45, 2.75) is 13.8 Å². The summed E-state index contributed by atoms with van der Waals surface area (Å²) in [6.07, 6.45) is 1.49. The van der Waals surface area contributed by atoms with Crippen LogP contribution in [0.1, 0.15) is 19.4 Å². The number of aromatic nitrogens is 2. The predicted molar refractivity (Wildman–Crippen MR) is 146 cm³/mol. The number of furan rings is 1. The first-order chi connectivity index (χ1) is 17.8. The smallest absolute Gasteiger partial charge is 0.308 e. The summed E-state index contributed by atoms with van der Waals surface area (Å²) in [5.74, 6) is 0.727. The third-order valence-electron chi connectivity index (χ3n) is 5.35. The largest absolute Gasteiger partial charge is 0.490 e. The molecule has 0 unspecified atom stereocenters. The Bertz CT molecular complexity index is 1760. The molecule has 0 aliphatic heterocycles. The van der Waals surface area contributed by atoms with Crippen LogP contribution >= 0.6 is 27.5 Å². The Labute approximate surface area is 224 Å². The van der Waals surface area contributed by atoms with E-state index in [1.807, 2.05) is 13.0 Å². The molecule has 37 heavy (non-hydrogen) atoms. The Kier molecular flexibility index (Phi) is 6.82. The molecular weight excluding hydrogens is 562 g/mol. The Hall–Kier alpha value is -3.95. The van der Waals surface area contributed by atoms with Gasteiger partial charge in [-0.05, 0) is 76.9 Å². The molecule has 3 aromatic carbocycles. The zero-order valence-electron chi connectivity index (χ0n) is 19.7. The van der Waals surface area contributed by atoms with Gasteiger partial charge < -0.3 is 13.9 Å². The van der Waals surface area contributed by atoms with Gasteiger partial charge in [0.15, 0.2) is 17.3 Å². The molecule has 10 heteroatoms. The molecule has 0 fully saturated rings. The van der Waals surface area contributed by atoms with Crippen LogP contribution in [0.25, 0.3) is 33.5 Å². The van der Waals surface area contributed by atoms with Crippen molar-refractivity contribution >= 4 is 61.6 Å². The van der Waals surface area contributed by atoms with Crippen molar-refractivity contribution in [3.05, 3.63) is 86.1 Å². The molecule has 186 valence electrons. The molecule has 0 bridgehead atoms. The number of halogens is 2. The minimum Gasteiger partial charge on any atom is -0.490 e. The predicted octanol–water partition coefficient (Wildman–Crippen LogP) is 6.43. The zero-order valence-corrected chi connectivity index (χ0v) is 22.0. The molecule has 2 aromatic heterocycles. The Balaban J connectivity index is 1.66. The van der Waals surface area contributed by atoms with Crippen molar-refractivity contribution in [2.75, 3.05) is 6.61 Å². The second kappa shape index (κ2) is 10.2. The molecule has 0 amide bonds. The van der Waals surface area contributed by atoms with Crippen molar-refractivity contribution in [3.8, 4) is 23.1 Å². The van der Waals surface area contributed by atoms with Gasteiger partial charge in [-0.25, -0.2) is 4.98 Å². The van der Waals surface area contributed by atoms with Gasteiger partial charge in [0.25, 0.3) is 5.56 Å². The summed E-state index contributed by atoms with van der Waals surface area (Å²) in [4.78, 5) is 29.7. The highest BCUT2D eigenvalue weighted by atomic mass is 79.9. The first-order valence-corrected chi connectivity index (χ1v) is 12.4. The van der Waals surface area contributed by atoms with E-state index in [9.17, 15) is 9.59 Å². The molecule has 5 aromatic rings. The average Bonchev–Trinajstić information content (AvgIpc) is 3.28. The van der Waals surface area contributed by atoms with Crippen LogP contribution in [0.15, 0.2) is 79.4 Å². The van der Waals surface area contributed by atoms with E-state index in [-0.39, 0.29) is 17.1 Å². The van der Waals surface area contributed by atoms with Crippen LogP contribution in [0.4, 0.5) is 0 Å². The molecule has 0 aliphatic rings. The molecule has 2 heterocycles. The molecule has 0 saturated heterocycles. The third-order valence-corrected chi connectivity index (χ3v) is 6.18. The number of esters is 1. The summed E-state index contributed by atoms with van der Waals surface area (Å²) >= 11 is 9.56. The van der Waals surface area contributed by atoms with E-state index in [0.29, 0.717) is 49.7 Å². The summed E-state index contributed by atoms with van der Waals surface area (Å²) in [7, 11) is 0. The van der Waals surface area contributed by atoms with E-state index < -0.39 is 5.97 Å². The molecule has 0 aliphatic carbocycles. The quantitative estimate of drug-likeness (QED) is 0.130. The lowest BCUT2D eigenvalue weighted by Crippen LogP contribution is -2.20. The maximum Gasteiger partial charge on any atom is 0.308 e. The zero-order chi connectivity index (χ0) is 26.1. The summed E-state index contributed by atoms with van der Waals surface area (Å²) in [6, 6.07) is 17.4. The van der Waals surface area contributed by atoms with Crippen LogP contribution < -0.4 is 15.0 Å². The van der Waals surface area contributed by atoms with E-state index in [4.69, 9.17) is 25.5 Å². The topological polar surface area (TPSA) is 95.9 Å². The highest BCUT2D eigenvalue weighted by molar-refractivity contribution is 9.10. The molecule has 0 atom stereocenters. The number of benzene rings is 3. The van der Waals surface area contributed by atoms with E-state index in [2.05, 4.69) is 26.0 Å². The number of nitrogens with zero attached hydrogens (tertiary/aromatic N) is 3. The number of fused-ring (bicyclic) bond motifs is 2. The second-order valence-corrected chi connectivity index (χ2v) is 9.25. The van der Waals surface area contributed by atoms with Gasteiger partial charge >= 0.3 is 5.97 Å². The Morgan fingerprint density at radius 3 is 2.78 bits per heavy atom. The van der Waals surface area contributed by atoms with Gasteiger partial charge in [-0.1, -0.05) is 23.7 Å². The van der Waals surface area contributed by atoms with E-state index >= 15 is 0 Å². The van der Waals surface area contributed by atoms with Gasteiger partial charge in [-0.15, -0.1) is 0 Å². The summed E-state index contributed by atoms with van der Waals surface area (Å²) in [5, 5.41) is 6.21. The molecule has 0 spiro atoms. The first kappa shape index (κ1) is 24.7. The van der Waals surface area contributed by atoms with Gasteiger partial charge in [0.1, 0.15) is 5.58 Å². The van der Waals surface area contributed by atoms with Crippen molar-refractivity contribution in [1.29, 1.82) is 0 Å². The molecule has 8 nitrogen and oxygen atoms in total. The van der Waals surface area contributed by atoms with Gasteiger partial charge in [0.2, 0.25) is 5.82 Å². The molecule has 0 N–H and O–H groups in total. The van der Waals surface area contributed by atoms with Crippen molar-refractivity contribution < 1.29 is 18.7 Å². The molecule has 0 saturated carbocycles. The fourth-order valence-corrected chi connectivity index (χ4v) is 4.53. The minimum atomic E-state index is -0.478. The molecule has 5 rings (SSSR count). The maximum atomic E-state index is 13.5. The summed E-state index contributed by atoms with van der Waals surface area (Å²) in [6.45, 7) is 3.49. The highest BCUT2D eigenvalue weighted by Crippen LogP contribution is 2.37. The summed E-state index contributed by atoms with van der Waals surface area (Å²) < 4.78 is 18.6. The van der Waals surface area contributed by atoms with Crippen LogP contribution in [0.3, 0.4) is 0 Å². The van der Waals surface area contributed by atoms with Crippen LogP contribution in [0, 0.1) is 0 Å². The summed E-state index contributed by atoms with van der Waals surface area (Å²) in [5.41, 5.74) is 1.34. The van der Waals surface area contributed by atoms with Gasteiger partial charge in [-0.3, -0.25) is 9.59 Å². The maximum absolute atomic E-state index is 13.5. The monoisotopic (exact) mass is 579 g/mol. The number of hydrogen-bond acceptors (Lipinski definition) is 7. The Morgan fingerprint density at radius 2 is 2.00 bits per heavy atom. The number of hydrogen-bond donors (Lipinski definition) is 0. The second-order valence-electron chi connectivity index (χ2n) is 7.96. The fraction of sp³-hybridized carbons (Fsp3) is 0.111. The van der Waals surface area contributed by atoms with Crippen LogP contribution in [0.5, 0.6) is 11.5 Å². The lowest BCUT2D eigenvalue weighted by atomic mass is 10.2. The number of ether oxygens (including phenoxy) is 2.